The normalized spacial score (nSPS) is 11.4. The van der Waals surface area contributed by atoms with Crippen molar-refractivity contribution < 1.29 is 8.42 Å². The first-order chi connectivity index (χ1) is 9.79. The lowest BCUT2D eigenvalue weighted by atomic mass is 10.2. The molecule has 7 heteroatoms. The Morgan fingerprint density at radius 2 is 1.86 bits per heavy atom. The molecule has 1 aromatic carbocycles. The predicted octanol–water partition coefficient (Wildman–Crippen LogP) is 1.26. The monoisotopic (exact) mass is 306 g/mol. The second-order valence-electron chi connectivity index (χ2n) is 4.86. The minimum Gasteiger partial charge on any atom is -0.396 e. The van der Waals surface area contributed by atoms with Gasteiger partial charge < -0.3 is 10.6 Å². The fourth-order valence-electron chi connectivity index (χ4n) is 2.13. The molecule has 0 saturated carbocycles. The van der Waals surface area contributed by atoms with Crippen LogP contribution in [0.1, 0.15) is 11.4 Å². The predicted molar refractivity (Wildman–Crippen MR) is 83.3 cm³/mol. The van der Waals surface area contributed by atoms with E-state index in [4.69, 9.17) is 10.9 Å². The highest BCUT2D eigenvalue weighted by molar-refractivity contribution is 7.89. The van der Waals surface area contributed by atoms with Crippen molar-refractivity contribution in [3.05, 3.63) is 47.8 Å². The van der Waals surface area contributed by atoms with Crippen LogP contribution in [0.3, 0.4) is 0 Å². The summed E-state index contributed by atoms with van der Waals surface area (Å²) in [5.41, 5.74) is 8.48. The summed E-state index contributed by atoms with van der Waals surface area (Å²) in [5.74, 6) is 0. The van der Waals surface area contributed by atoms with Crippen LogP contribution in [0.15, 0.2) is 41.3 Å². The molecule has 1 aromatic heterocycles. The molecule has 0 aliphatic rings. The lowest BCUT2D eigenvalue weighted by Crippen LogP contribution is -2.21. The Kier molecular flexibility index (Phi) is 4.15. The molecule has 4 N–H and O–H groups in total. The molecule has 6 nitrogen and oxygen atoms in total. The van der Waals surface area contributed by atoms with Crippen LogP contribution in [0.2, 0.25) is 0 Å². The van der Waals surface area contributed by atoms with Gasteiger partial charge in [0, 0.05) is 12.7 Å². The summed E-state index contributed by atoms with van der Waals surface area (Å²) >= 11 is 0. The van der Waals surface area contributed by atoms with Crippen molar-refractivity contribution in [2.75, 3.05) is 17.7 Å². The molecule has 0 bridgehead atoms. The zero-order valence-electron chi connectivity index (χ0n) is 11.9. The molecule has 0 aliphatic carbocycles. The third kappa shape index (κ3) is 3.50. The smallest absolute Gasteiger partial charge is 0.240 e. The van der Waals surface area contributed by atoms with E-state index in [-0.39, 0.29) is 10.6 Å². The molecule has 0 radical (unpaired) electrons. The van der Waals surface area contributed by atoms with E-state index < -0.39 is 10.0 Å². The Hall–Kier alpha value is -2.12. The van der Waals surface area contributed by atoms with E-state index in [1.165, 1.54) is 6.07 Å². The topological polar surface area (TPSA) is 102 Å². The average molecular weight is 306 g/mol. The molecule has 0 atom stereocenters. The molecule has 0 saturated heterocycles. The number of nitrogens with two attached hydrogens (primary N) is 2. The summed E-state index contributed by atoms with van der Waals surface area (Å²) in [7, 11) is -2.01. The number of hydrogen-bond donors (Lipinski definition) is 2. The number of sulfonamides is 1. The molecule has 21 heavy (non-hydrogen) atoms. The van der Waals surface area contributed by atoms with Crippen molar-refractivity contribution in [3.8, 4) is 0 Å². The highest BCUT2D eigenvalue weighted by Crippen LogP contribution is 2.29. The van der Waals surface area contributed by atoms with Gasteiger partial charge in [-0.25, -0.2) is 13.6 Å². The number of para-hydroxylation sites is 1. The van der Waals surface area contributed by atoms with Crippen molar-refractivity contribution in [2.45, 2.75) is 18.4 Å². The standard InChI is InChI=1S/C14H18N4O2S/c1-10-5-3-6-11(17-10)9-18(2)12-7-4-8-13(14(12)15)21(16,19)20/h3-8H,9,15H2,1-2H3,(H2,16,19,20). The van der Waals surface area contributed by atoms with Crippen molar-refractivity contribution in [2.24, 2.45) is 5.14 Å². The second kappa shape index (κ2) is 5.71. The number of pyridine rings is 1. The SMILES string of the molecule is Cc1cccc(CN(C)c2cccc(S(N)(=O)=O)c2N)n1. The van der Waals surface area contributed by atoms with E-state index in [2.05, 4.69) is 4.98 Å². The number of nitrogens with zero attached hydrogens (tertiary/aromatic N) is 2. The van der Waals surface area contributed by atoms with Crippen LogP contribution in [0, 0.1) is 6.92 Å². The van der Waals surface area contributed by atoms with E-state index in [1.54, 1.807) is 12.1 Å². The number of aromatic nitrogens is 1. The van der Waals surface area contributed by atoms with Crippen LogP contribution >= 0.6 is 0 Å². The molecule has 0 aliphatic heterocycles. The van der Waals surface area contributed by atoms with Gasteiger partial charge in [0.05, 0.1) is 23.6 Å². The first kappa shape index (κ1) is 15.3. The van der Waals surface area contributed by atoms with Crippen molar-refractivity contribution in [1.82, 2.24) is 4.98 Å². The number of aryl methyl sites for hydroxylation is 1. The molecule has 0 fully saturated rings. The van der Waals surface area contributed by atoms with Crippen LogP contribution in [-0.4, -0.2) is 20.4 Å². The van der Waals surface area contributed by atoms with Crippen LogP contribution < -0.4 is 15.8 Å². The Labute approximate surface area is 124 Å². The third-order valence-corrected chi connectivity index (χ3v) is 4.08. The molecule has 0 unspecified atom stereocenters. The van der Waals surface area contributed by atoms with Crippen molar-refractivity contribution in [1.29, 1.82) is 0 Å². The van der Waals surface area contributed by atoms with Gasteiger partial charge in [-0.15, -0.1) is 0 Å². The Balaban J connectivity index is 2.34. The molecular weight excluding hydrogens is 288 g/mol. The number of benzene rings is 1. The number of nitrogen functional groups attached to an aromatic ring is 1. The van der Waals surface area contributed by atoms with Crippen LogP contribution in [0.5, 0.6) is 0 Å². The van der Waals surface area contributed by atoms with Gasteiger partial charge in [0.15, 0.2) is 0 Å². The molecule has 112 valence electrons. The molecule has 0 spiro atoms. The highest BCUT2D eigenvalue weighted by Gasteiger charge is 2.17. The van der Waals surface area contributed by atoms with Gasteiger partial charge in [-0.05, 0) is 31.2 Å². The van der Waals surface area contributed by atoms with Gasteiger partial charge in [-0.3, -0.25) is 4.98 Å². The maximum Gasteiger partial charge on any atom is 0.240 e. The second-order valence-corrected chi connectivity index (χ2v) is 6.39. The van der Waals surface area contributed by atoms with E-state index in [1.807, 2.05) is 37.1 Å². The third-order valence-electron chi connectivity index (χ3n) is 3.11. The van der Waals surface area contributed by atoms with Gasteiger partial charge >= 0.3 is 0 Å². The van der Waals surface area contributed by atoms with Gasteiger partial charge in [0.25, 0.3) is 0 Å². The number of anilines is 2. The van der Waals surface area contributed by atoms with Crippen molar-refractivity contribution in [3.63, 3.8) is 0 Å². The minimum absolute atomic E-state index is 0.0657. The molecule has 1 heterocycles. The van der Waals surface area contributed by atoms with Crippen LogP contribution in [0.4, 0.5) is 11.4 Å². The summed E-state index contributed by atoms with van der Waals surface area (Å²) in [6.45, 7) is 2.43. The lowest BCUT2D eigenvalue weighted by Gasteiger charge is -2.22. The van der Waals surface area contributed by atoms with E-state index in [0.717, 1.165) is 11.4 Å². The van der Waals surface area contributed by atoms with Gasteiger partial charge in [0.1, 0.15) is 4.90 Å². The number of hydrogen-bond acceptors (Lipinski definition) is 5. The fraction of sp³-hybridized carbons (Fsp3) is 0.214. The summed E-state index contributed by atoms with van der Waals surface area (Å²) in [6.07, 6.45) is 0. The fourth-order valence-corrected chi connectivity index (χ4v) is 2.81. The zero-order valence-corrected chi connectivity index (χ0v) is 12.8. The molecule has 2 aromatic rings. The van der Waals surface area contributed by atoms with Crippen LogP contribution in [0.25, 0.3) is 0 Å². The first-order valence-corrected chi connectivity index (χ1v) is 7.88. The van der Waals surface area contributed by atoms with Crippen LogP contribution in [-0.2, 0) is 16.6 Å². The van der Waals surface area contributed by atoms with E-state index in [9.17, 15) is 8.42 Å². The van der Waals surface area contributed by atoms with Gasteiger partial charge in [-0.2, -0.15) is 0 Å². The maximum atomic E-state index is 11.5. The zero-order chi connectivity index (χ0) is 15.6. The summed E-state index contributed by atoms with van der Waals surface area (Å²) < 4.78 is 23.0. The minimum atomic E-state index is -3.84. The Morgan fingerprint density at radius 1 is 1.19 bits per heavy atom. The molecular formula is C14H18N4O2S. The van der Waals surface area contributed by atoms with E-state index in [0.29, 0.717) is 12.2 Å². The summed E-state index contributed by atoms with van der Waals surface area (Å²) in [4.78, 5) is 6.19. The van der Waals surface area contributed by atoms with Gasteiger partial charge in [-0.1, -0.05) is 12.1 Å². The van der Waals surface area contributed by atoms with E-state index >= 15 is 0 Å². The quantitative estimate of drug-likeness (QED) is 0.828. The Morgan fingerprint density at radius 3 is 2.48 bits per heavy atom. The molecule has 2 rings (SSSR count). The largest absolute Gasteiger partial charge is 0.396 e. The Bertz CT molecular complexity index is 759. The van der Waals surface area contributed by atoms with Crippen molar-refractivity contribution >= 4 is 21.4 Å². The lowest BCUT2D eigenvalue weighted by molar-refractivity contribution is 0.598. The highest BCUT2D eigenvalue weighted by atomic mass is 32.2. The maximum absolute atomic E-state index is 11.5. The summed E-state index contributed by atoms with van der Waals surface area (Å²) in [5, 5.41) is 5.16. The number of rotatable bonds is 4. The number of primary sulfonamides is 1. The molecule has 0 amide bonds. The summed E-state index contributed by atoms with van der Waals surface area (Å²) in [6, 6.07) is 10.5. The first-order valence-electron chi connectivity index (χ1n) is 6.34. The average Bonchev–Trinajstić information content (AvgIpc) is 2.37. The van der Waals surface area contributed by atoms with Gasteiger partial charge in [0.2, 0.25) is 10.0 Å².